The van der Waals surface area contributed by atoms with Crippen LogP contribution in [0.15, 0.2) is 42.7 Å². The fourth-order valence-electron chi connectivity index (χ4n) is 2.14. The quantitative estimate of drug-likeness (QED) is 0.855. The molecule has 24 heavy (non-hydrogen) atoms. The molecule has 0 spiro atoms. The summed E-state index contributed by atoms with van der Waals surface area (Å²) >= 11 is 0. The van der Waals surface area contributed by atoms with Crippen LogP contribution in [0.5, 0.6) is 0 Å². The number of para-hydroxylation sites is 1. The zero-order valence-corrected chi connectivity index (χ0v) is 13.1. The number of nitrogens with one attached hydrogen (secondary N) is 1. The Morgan fingerprint density at radius 3 is 2.33 bits per heavy atom. The molecule has 0 bridgehead atoms. The van der Waals surface area contributed by atoms with Gasteiger partial charge in [-0.25, -0.2) is 8.78 Å². The van der Waals surface area contributed by atoms with Crippen LogP contribution in [0.1, 0.15) is 12.5 Å². The Morgan fingerprint density at radius 2 is 1.75 bits per heavy atom. The number of likely N-dealkylation sites (N-methyl/N-ethyl adjacent to an activating group) is 1. The summed E-state index contributed by atoms with van der Waals surface area (Å²) in [5, 5.41) is 2.00. The molecule has 0 saturated heterocycles. The molecule has 1 aromatic heterocycles. The van der Waals surface area contributed by atoms with Crippen LogP contribution >= 0.6 is 0 Å². The Hall–Kier alpha value is -2.83. The Bertz CT molecular complexity index is 703. The van der Waals surface area contributed by atoms with Gasteiger partial charge in [-0.3, -0.25) is 14.6 Å². The predicted octanol–water partition coefficient (Wildman–Crippen LogP) is 2.39. The van der Waals surface area contributed by atoms with Gasteiger partial charge in [-0.05, 0) is 43.2 Å². The first-order valence-electron chi connectivity index (χ1n) is 7.46. The molecule has 0 aliphatic carbocycles. The number of rotatable bonds is 5. The third kappa shape index (κ3) is 4.34. The summed E-state index contributed by atoms with van der Waals surface area (Å²) in [6.45, 7) is 2.34. The summed E-state index contributed by atoms with van der Waals surface area (Å²) in [7, 11) is 0. The van der Waals surface area contributed by atoms with Gasteiger partial charge in [-0.15, -0.1) is 0 Å². The fraction of sp³-hybridized carbons (Fsp3) is 0.235. The second kappa shape index (κ2) is 8.14. The molecule has 0 atom stereocenters. The van der Waals surface area contributed by atoms with Crippen LogP contribution in [0.4, 0.5) is 14.5 Å². The number of pyridine rings is 1. The number of anilines is 1. The molecule has 2 aromatic rings. The van der Waals surface area contributed by atoms with Crippen LogP contribution in [0.2, 0.25) is 0 Å². The van der Waals surface area contributed by atoms with Crippen molar-refractivity contribution in [3.8, 4) is 0 Å². The molecule has 1 heterocycles. The molecule has 0 fully saturated rings. The molecule has 0 aliphatic heterocycles. The maximum absolute atomic E-state index is 13.5. The second-order valence-corrected chi connectivity index (χ2v) is 5.04. The van der Waals surface area contributed by atoms with Crippen LogP contribution in [0.25, 0.3) is 0 Å². The minimum absolute atomic E-state index is 0.303. The summed E-state index contributed by atoms with van der Waals surface area (Å²) in [6, 6.07) is 6.81. The molecule has 5 nitrogen and oxygen atoms in total. The van der Waals surface area contributed by atoms with E-state index in [4.69, 9.17) is 0 Å². The lowest BCUT2D eigenvalue weighted by molar-refractivity contribution is -0.143. The van der Waals surface area contributed by atoms with E-state index in [1.807, 2.05) is 17.4 Å². The van der Waals surface area contributed by atoms with Gasteiger partial charge in [0.2, 0.25) is 0 Å². The topological polar surface area (TPSA) is 62.3 Å². The van der Waals surface area contributed by atoms with Gasteiger partial charge in [-0.1, -0.05) is 6.07 Å². The van der Waals surface area contributed by atoms with Crippen molar-refractivity contribution >= 4 is 17.5 Å². The summed E-state index contributed by atoms with van der Waals surface area (Å²) in [4.78, 5) is 29.4. The van der Waals surface area contributed by atoms with Gasteiger partial charge in [0.05, 0.1) is 0 Å². The summed E-state index contributed by atoms with van der Waals surface area (Å²) in [5.41, 5.74) is 0.345. The lowest BCUT2D eigenvalue weighted by Crippen LogP contribution is -2.41. The average molecular weight is 333 g/mol. The number of hydrogen-bond donors (Lipinski definition) is 1. The van der Waals surface area contributed by atoms with Crippen LogP contribution in [0.3, 0.4) is 0 Å². The normalized spacial score (nSPS) is 10.3. The maximum Gasteiger partial charge on any atom is 0.314 e. The van der Waals surface area contributed by atoms with E-state index >= 15 is 0 Å². The summed E-state index contributed by atoms with van der Waals surface area (Å²) < 4.78 is 27.1. The molecular weight excluding hydrogens is 316 g/mol. The average Bonchev–Trinajstić information content (AvgIpc) is 2.59. The first kappa shape index (κ1) is 17.5. The fourth-order valence-corrected chi connectivity index (χ4v) is 2.14. The van der Waals surface area contributed by atoms with Gasteiger partial charge in [0.15, 0.2) is 0 Å². The number of nitrogens with zero attached hydrogens (tertiary/aromatic N) is 2. The van der Waals surface area contributed by atoms with E-state index in [1.165, 1.54) is 11.0 Å². The lowest BCUT2D eigenvalue weighted by Gasteiger charge is -2.20. The van der Waals surface area contributed by atoms with Gasteiger partial charge in [0.1, 0.15) is 17.3 Å². The van der Waals surface area contributed by atoms with E-state index in [-0.39, 0.29) is 0 Å². The van der Waals surface area contributed by atoms with Crippen molar-refractivity contribution < 1.29 is 18.4 Å². The van der Waals surface area contributed by atoms with Crippen LogP contribution in [-0.4, -0.2) is 34.8 Å². The molecule has 2 rings (SSSR count). The minimum Gasteiger partial charge on any atom is -0.334 e. The lowest BCUT2D eigenvalue weighted by atomic mass is 10.2. The third-order valence-electron chi connectivity index (χ3n) is 3.48. The molecule has 126 valence electrons. The molecule has 1 N–H and O–H groups in total. The Kier molecular flexibility index (Phi) is 5.95. The number of carbonyl (C=O) groups excluding carboxylic acids is 2. The number of aromatic nitrogens is 1. The predicted molar refractivity (Wildman–Crippen MR) is 85.2 cm³/mol. The van der Waals surface area contributed by atoms with E-state index < -0.39 is 29.1 Å². The van der Waals surface area contributed by atoms with E-state index in [9.17, 15) is 18.4 Å². The van der Waals surface area contributed by atoms with Crippen molar-refractivity contribution in [3.05, 3.63) is 59.9 Å². The Morgan fingerprint density at radius 1 is 1.12 bits per heavy atom. The first-order chi connectivity index (χ1) is 11.5. The van der Waals surface area contributed by atoms with E-state index in [2.05, 4.69) is 4.98 Å². The zero-order valence-electron chi connectivity index (χ0n) is 13.1. The molecule has 2 amide bonds. The molecule has 0 saturated carbocycles. The number of amides is 2. The van der Waals surface area contributed by atoms with Gasteiger partial charge >= 0.3 is 11.8 Å². The number of hydrogen-bond acceptors (Lipinski definition) is 3. The minimum atomic E-state index is -1.07. The molecule has 0 radical (unpaired) electrons. The van der Waals surface area contributed by atoms with Crippen molar-refractivity contribution in [2.24, 2.45) is 0 Å². The van der Waals surface area contributed by atoms with Gasteiger partial charge < -0.3 is 10.2 Å². The van der Waals surface area contributed by atoms with Crippen molar-refractivity contribution in [1.82, 2.24) is 9.88 Å². The van der Waals surface area contributed by atoms with Crippen molar-refractivity contribution in [2.75, 3.05) is 18.4 Å². The van der Waals surface area contributed by atoms with Crippen LogP contribution in [0, 0.1) is 11.6 Å². The molecular formula is C17H17F2N3O2. The summed E-state index contributed by atoms with van der Waals surface area (Å²) in [5.74, 6) is -3.78. The highest BCUT2D eigenvalue weighted by atomic mass is 19.1. The largest absolute Gasteiger partial charge is 0.334 e. The van der Waals surface area contributed by atoms with Crippen molar-refractivity contribution in [2.45, 2.75) is 13.3 Å². The van der Waals surface area contributed by atoms with Gasteiger partial charge in [-0.2, -0.15) is 0 Å². The summed E-state index contributed by atoms with van der Waals surface area (Å²) in [6.07, 6.45) is 3.83. The van der Waals surface area contributed by atoms with E-state index in [1.54, 1.807) is 19.3 Å². The highest BCUT2D eigenvalue weighted by Crippen LogP contribution is 2.18. The zero-order chi connectivity index (χ0) is 17.5. The van der Waals surface area contributed by atoms with E-state index in [0.29, 0.717) is 19.5 Å². The van der Waals surface area contributed by atoms with Crippen LogP contribution in [-0.2, 0) is 16.0 Å². The van der Waals surface area contributed by atoms with Crippen LogP contribution < -0.4 is 5.32 Å². The number of halogens is 2. The highest BCUT2D eigenvalue weighted by Gasteiger charge is 2.22. The molecule has 1 aromatic carbocycles. The first-order valence-corrected chi connectivity index (χ1v) is 7.46. The molecule has 0 unspecified atom stereocenters. The monoisotopic (exact) mass is 333 g/mol. The Labute approximate surface area is 138 Å². The Balaban J connectivity index is 2.01. The smallest absolute Gasteiger partial charge is 0.314 e. The molecule has 7 heteroatoms. The van der Waals surface area contributed by atoms with Crippen molar-refractivity contribution in [1.29, 1.82) is 0 Å². The van der Waals surface area contributed by atoms with Gasteiger partial charge in [0.25, 0.3) is 0 Å². The van der Waals surface area contributed by atoms with Gasteiger partial charge in [0, 0.05) is 25.5 Å². The maximum atomic E-state index is 13.5. The third-order valence-corrected chi connectivity index (χ3v) is 3.48. The SMILES string of the molecule is CCN(CCc1ccncc1)C(=O)C(=O)Nc1c(F)cccc1F. The number of carbonyl (C=O) groups is 2. The standard InChI is InChI=1S/C17H17F2N3O2/c1-2-22(11-8-12-6-9-20-10-7-12)17(24)16(23)21-15-13(18)4-3-5-14(15)19/h3-7,9-10H,2,8,11H2,1H3,(H,21,23). The molecule has 0 aliphatic rings. The van der Waals surface area contributed by atoms with Crippen molar-refractivity contribution in [3.63, 3.8) is 0 Å². The second-order valence-electron chi connectivity index (χ2n) is 5.04. The van der Waals surface area contributed by atoms with E-state index in [0.717, 1.165) is 17.7 Å². The highest BCUT2D eigenvalue weighted by molar-refractivity contribution is 6.39. The number of benzene rings is 1.